The van der Waals surface area contributed by atoms with Crippen LogP contribution in [0.25, 0.3) is 0 Å². The number of anilines is 1. The smallest absolute Gasteiger partial charge is 0.253 e. The van der Waals surface area contributed by atoms with Gasteiger partial charge in [0, 0.05) is 5.38 Å². The number of nitrogens with one attached hydrogen (secondary N) is 1. The summed E-state index contributed by atoms with van der Waals surface area (Å²) in [5, 5.41) is 6.61. The Kier molecular flexibility index (Phi) is 2.95. The normalized spacial score (nSPS) is 29.4. The van der Waals surface area contributed by atoms with E-state index in [9.17, 15) is 9.59 Å². The van der Waals surface area contributed by atoms with Crippen LogP contribution in [0.1, 0.15) is 27.2 Å². The van der Waals surface area contributed by atoms with Crippen LogP contribution >= 0.6 is 11.3 Å². The Hall–Kier alpha value is -1.36. The molecule has 2 rings (SSSR count). The summed E-state index contributed by atoms with van der Waals surface area (Å²) in [6, 6.07) is 1.42. The summed E-state index contributed by atoms with van der Waals surface area (Å²) in [6.07, 6.45) is 0.588. The van der Waals surface area contributed by atoms with Gasteiger partial charge in [-0.15, -0.1) is 0 Å². The van der Waals surface area contributed by atoms with Gasteiger partial charge in [-0.2, -0.15) is 11.3 Å². The molecule has 17 heavy (non-hydrogen) atoms. The van der Waals surface area contributed by atoms with Crippen molar-refractivity contribution >= 4 is 28.8 Å². The number of carbonyl (C=O) groups excluding carboxylic acids is 2. The van der Waals surface area contributed by atoms with E-state index < -0.39 is 11.6 Å². The van der Waals surface area contributed by atoms with Crippen LogP contribution in [0.15, 0.2) is 16.8 Å². The number of nitrogens with zero attached hydrogens (tertiary/aromatic N) is 1. The quantitative estimate of drug-likeness (QED) is 0.872. The largest absolute Gasteiger partial charge is 0.340 e. The molecule has 92 valence electrons. The Bertz CT molecular complexity index is 443. The van der Waals surface area contributed by atoms with Crippen LogP contribution in [-0.2, 0) is 9.59 Å². The highest BCUT2D eigenvalue weighted by atomic mass is 32.1. The van der Waals surface area contributed by atoms with Crippen molar-refractivity contribution in [2.24, 2.45) is 0 Å². The summed E-state index contributed by atoms with van der Waals surface area (Å²) in [5.74, 6) is -0.134. The van der Waals surface area contributed by atoms with Gasteiger partial charge < -0.3 is 5.32 Å². The van der Waals surface area contributed by atoms with Crippen LogP contribution < -0.4 is 10.2 Å². The second kappa shape index (κ2) is 4.14. The van der Waals surface area contributed by atoms with Crippen LogP contribution in [0, 0.1) is 0 Å². The number of amides is 2. The van der Waals surface area contributed by atoms with Gasteiger partial charge in [0.2, 0.25) is 5.91 Å². The minimum Gasteiger partial charge on any atom is -0.340 e. The zero-order valence-electron chi connectivity index (χ0n) is 10.2. The van der Waals surface area contributed by atoms with E-state index in [0.717, 1.165) is 5.69 Å². The van der Waals surface area contributed by atoms with Crippen molar-refractivity contribution in [1.29, 1.82) is 0 Å². The predicted molar refractivity (Wildman–Crippen MR) is 68.1 cm³/mol. The topological polar surface area (TPSA) is 49.4 Å². The van der Waals surface area contributed by atoms with Crippen molar-refractivity contribution in [3.63, 3.8) is 0 Å². The summed E-state index contributed by atoms with van der Waals surface area (Å²) in [7, 11) is 0. The van der Waals surface area contributed by atoms with Gasteiger partial charge in [-0.3, -0.25) is 14.5 Å². The molecule has 2 amide bonds. The van der Waals surface area contributed by atoms with Gasteiger partial charge in [0.15, 0.2) is 0 Å². The average Bonchev–Trinajstić information content (AvgIpc) is 2.80. The molecule has 0 aliphatic carbocycles. The van der Waals surface area contributed by atoms with E-state index in [1.807, 2.05) is 23.8 Å². The molecular formula is C12H16N2O2S. The van der Waals surface area contributed by atoms with Crippen LogP contribution in [-0.4, -0.2) is 23.4 Å². The van der Waals surface area contributed by atoms with E-state index in [0.29, 0.717) is 6.42 Å². The zero-order chi connectivity index (χ0) is 12.6. The van der Waals surface area contributed by atoms with Crippen molar-refractivity contribution in [1.82, 2.24) is 5.32 Å². The molecule has 2 unspecified atom stereocenters. The fourth-order valence-corrected chi connectivity index (χ4v) is 2.59. The summed E-state index contributed by atoms with van der Waals surface area (Å²) in [6.45, 7) is 5.43. The third kappa shape index (κ3) is 1.84. The molecule has 4 nitrogen and oxygen atoms in total. The Morgan fingerprint density at radius 1 is 1.53 bits per heavy atom. The third-order valence-electron chi connectivity index (χ3n) is 3.35. The van der Waals surface area contributed by atoms with Crippen LogP contribution in [0.5, 0.6) is 0 Å². The molecule has 1 aliphatic heterocycles. The maximum atomic E-state index is 12.4. The third-order valence-corrected chi connectivity index (χ3v) is 4.02. The fourth-order valence-electron chi connectivity index (χ4n) is 1.96. The highest BCUT2D eigenvalue weighted by Gasteiger charge is 2.45. The molecule has 1 aromatic heterocycles. The van der Waals surface area contributed by atoms with Gasteiger partial charge in [0.25, 0.3) is 5.91 Å². The van der Waals surface area contributed by atoms with E-state index >= 15 is 0 Å². The first-order valence-electron chi connectivity index (χ1n) is 5.67. The van der Waals surface area contributed by atoms with E-state index in [1.165, 1.54) is 11.3 Å². The second-order valence-electron chi connectivity index (χ2n) is 4.51. The predicted octanol–water partition coefficient (Wildman–Crippen LogP) is 1.77. The van der Waals surface area contributed by atoms with E-state index in [4.69, 9.17) is 0 Å². The Labute approximate surface area is 105 Å². The number of hydrogen-bond acceptors (Lipinski definition) is 3. The van der Waals surface area contributed by atoms with Crippen molar-refractivity contribution in [2.45, 2.75) is 38.8 Å². The maximum Gasteiger partial charge on any atom is 0.253 e. The molecular weight excluding hydrogens is 236 g/mol. The Balaban J connectivity index is 2.42. The second-order valence-corrected chi connectivity index (χ2v) is 5.29. The van der Waals surface area contributed by atoms with Crippen molar-refractivity contribution in [2.75, 3.05) is 4.90 Å². The number of carbonyl (C=O) groups is 2. The van der Waals surface area contributed by atoms with Crippen molar-refractivity contribution in [3.05, 3.63) is 16.8 Å². The molecule has 5 heteroatoms. The number of rotatable bonds is 2. The molecule has 1 aliphatic rings. The lowest BCUT2D eigenvalue weighted by Crippen LogP contribution is -2.68. The van der Waals surface area contributed by atoms with Crippen LogP contribution in [0.4, 0.5) is 5.69 Å². The molecule has 0 saturated carbocycles. The SMILES string of the molecule is CCC1(C)NC(=O)C(C)N(c2ccsc2)C1=O. The summed E-state index contributed by atoms with van der Waals surface area (Å²) in [4.78, 5) is 26.0. The first kappa shape index (κ1) is 12.1. The first-order chi connectivity index (χ1) is 7.99. The summed E-state index contributed by atoms with van der Waals surface area (Å²) >= 11 is 1.52. The molecule has 0 bridgehead atoms. The lowest BCUT2D eigenvalue weighted by molar-refractivity contribution is -0.137. The summed E-state index contributed by atoms with van der Waals surface area (Å²) < 4.78 is 0. The molecule has 1 N–H and O–H groups in total. The first-order valence-corrected chi connectivity index (χ1v) is 6.62. The molecule has 0 radical (unpaired) electrons. The number of hydrogen-bond donors (Lipinski definition) is 1. The van der Waals surface area contributed by atoms with E-state index in [-0.39, 0.29) is 11.8 Å². The molecule has 2 heterocycles. The monoisotopic (exact) mass is 252 g/mol. The molecule has 0 aromatic carbocycles. The van der Waals surface area contributed by atoms with Gasteiger partial charge >= 0.3 is 0 Å². The lowest BCUT2D eigenvalue weighted by atomic mass is 9.92. The maximum absolute atomic E-state index is 12.4. The van der Waals surface area contributed by atoms with E-state index in [1.54, 1.807) is 18.7 Å². The minimum atomic E-state index is -0.786. The molecule has 1 aromatic rings. The average molecular weight is 252 g/mol. The Morgan fingerprint density at radius 2 is 2.24 bits per heavy atom. The van der Waals surface area contributed by atoms with E-state index in [2.05, 4.69) is 5.32 Å². The minimum absolute atomic E-state index is 0.0366. The molecule has 2 atom stereocenters. The van der Waals surface area contributed by atoms with Gasteiger partial charge in [0.1, 0.15) is 11.6 Å². The highest BCUT2D eigenvalue weighted by Crippen LogP contribution is 2.28. The van der Waals surface area contributed by atoms with Crippen molar-refractivity contribution < 1.29 is 9.59 Å². The lowest BCUT2D eigenvalue weighted by Gasteiger charge is -2.42. The van der Waals surface area contributed by atoms with Gasteiger partial charge in [0.05, 0.1) is 5.69 Å². The molecule has 1 fully saturated rings. The Morgan fingerprint density at radius 3 is 2.76 bits per heavy atom. The summed E-state index contributed by atoms with van der Waals surface area (Å²) in [5.41, 5.74) is 0.0213. The number of piperazine rings is 1. The van der Waals surface area contributed by atoms with Crippen LogP contribution in [0.2, 0.25) is 0 Å². The standard InChI is InChI=1S/C12H16N2O2S/c1-4-12(3)11(16)14(8(2)10(15)13-12)9-5-6-17-7-9/h5-8H,4H2,1-3H3,(H,13,15). The van der Waals surface area contributed by atoms with Crippen LogP contribution in [0.3, 0.4) is 0 Å². The van der Waals surface area contributed by atoms with Gasteiger partial charge in [-0.05, 0) is 31.7 Å². The van der Waals surface area contributed by atoms with Crippen molar-refractivity contribution in [3.8, 4) is 0 Å². The zero-order valence-corrected chi connectivity index (χ0v) is 11.0. The van der Waals surface area contributed by atoms with Gasteiger partial charge in [-0.25, -0.2) is 0 Å². The molecule has 1 saturated heterocycles. The molecule has 0 spiro atoms. The number of thiophene rings is 1. The fraction of sp³-hybridized carbons (Fsp3) is 0.500. The van der Waals surface area contributed by atoms with Gasteiger partial charge in [-0.1, -0.05) is 6.92 Å². The highest BCUT2D eigenvalue weighted by molar-refractivity contribution is 7.08.